The molecule has 4 nitrogen and oxygen atoms in total. The molecule has 0 aliphatic heterocycles. The summed E-state index contributed by atoms with van der Waals surface area (Å²) in [5, 5.41) is 20.5. The Morgan fingerprint density at radius 2 is 1.71 bits per heavy atom. The van der Waals surface area contributed by atoms with Crippen molar-refractivity contribution in [3.05, 3.63) is 52.1 Å². The number of benzene rings is 2. The van der Waals surface area contributed by atoms with Gasteiger partial charge >= 0.3 is 0 Å². The minimum atomic E-state index is 0.410. The summed E-state index contributed by atoms with van der Waals surface area (Å²) in [6.45, 7) is 0. The Morgan fingerprint density at radius 3 is 2.48 bits per heavy atom. The summed E-state index contributed by atoms with van der Waals surface area (Å²) in [5.41, 5.74) is 2.45. The molecule has 0 radical (unpaired) electrons. The molecule has 0 aliphatic rings. The molecule has 0 saturated heterocycles. The van der Waals surface area contributed by atoms with Crippen molar-refractivity contribution < 1.29 is 0 Å². The first-order valence-corrected chi connectivity index (χ1v) is 6.91. The first-order valence-electron chi connectivity index (χ1n) is 6.15. The van der Waals surface area contributed by atoms with E-state index in [0.717, 1.165) is 10.8 Å². The van der Waals surface area contributed by atoms with Crippen molar-refractivity contribution in [1.29, 1.82) is 5.26 Å². The highest BCUT2D eigenvalue weighted by atomic mass is 35.5. The van der Waals surface area contributed by atoms with Crippen LogP contribution in [0.1, 0.15) is 5.69 Å². The molecule has 100 valence electrons. The van der Waals surface area contributed by atoms with Gasteiger partial charge in [-0.25, -0.2) is 0 Å². The Bertz CT molecular complexity index is 1080. The fourth-order valence-corrected chi connectivity index (χ4v) is 2.88. The number of nitriles is 1. The number of nitrogens with zero attached hydrogens (tertiary/aromatic N) is 4. The number of hydrogen-bond acceptors (Lipinski definition) is 3. The highest BCUT2D eigenvalue weighted by Gasteiger charge is 2.16. The zero-order valence-electron chi connectivity index (χ0n) is 10.5. The zero-order valence-corrected chi connectivity index (χ0v) is 12.0. The van der Waals surface area contributed by atoms with Gasteiger partial charge < -0.3 is 0 Å². The Kier molecular flexibility index (Phi) is 2.55. The Morgan fingerprint density at radius 1 is 1.00 bits per heavy atom. The third-order valence-electron chi connectivity index (χ3n) is 3.48. The van der Waals surface area contributed by atoms with Crippen LogP contribution in [-0.4, -0.2) is 14.6 Å². The van der Waals surface area contributed by atoms with E-state index in [2.05, 4.69) is 16.3 Å². The molecular formula is C15H6Cl2N4. The first kappa shape index (κ1) is 12.4. The average molecular weight is 313 g/mol. The number of rotatable bonds is 0. The summed E-state index contributed by atoms with van der Waals surface area (Å²) in [6, 6.07) is 13.2. The molecule has 0 amide bonds. The molecule has 2 aromatic heterocycles. The third kappa shape index (κ3) is 1.62. The molecule has 4 rings (SSSR count). The molecule has 2 aromatic carbocycles. The maximum atomic E-state index is 9.53. The van der Waals surface area contributed by atoms with Crippen LogP contribution in [0.25, 0.3) is 27.5 Å². The van der Waals surface area contributed by atoms with Gasteiger partial charge in [0.2, 0.25) is 0 Å². The van der Waals surface area contributed by atoms with Crippen molar-refractivity contribution in [3.63, 3.8) is 0 Å². The van der Waals surface area contributed by atoms with Gasteiger partial charge in [0.25, 0.3) is 0 Å². The Labute approximate surface area is 129 Å². The van der Waals surface area contributed by atoms with E-state index in [-0.39, 0.29) is 0 Å². The van der Waals surface area contributed by atoms with Crippen molar-refractivity contribution in [3.8, 4) is 6.07 Å². The molecule has 4 aromatic rings. The molecule has 0 unspecified atom stereocenters. The van der Waals surface area contributed by atoms with Crippen molar-refractivity contribution in [2.24, 2.45) is 0 Å². The number of aromatic nitrogens is 3. The van der Waals surface area contributed by atoms with Crippen LogP contribution in [0, 0.1) is 11.3 Å². The lowest BCUT2D eigenvalue weighted by atomic mass is 10.2. The summed E-state index contributed by atoms with van der Waals surface area (Å²) < 4.78 is 1.77. The quantitative estimate of drug-likeness (QED) is 0.488. The second-order valence-corrected chi connectivity index (χ2v) is 5.43. The van der Waals surface area contributed by atoms with Gasteiger partial charge in [0.1, 0.15) is 17.3 Å². The predicted molar refractivity (Wildman–Crippen MR) is 82.7 cm³/mol. The fraction of sp³-hybridized carbons (Fsp3) is 0. The van der Waals surface area contributed by atoms with E-state index in [4.69, 9.17) is 23.2 Å². The van der Waals surface area contributed by atoms with Gasteiger partial charge in [0.05, 0.1) is 15.6 Å². The lowest BCUT2D eigenvalue weighted by Gasteiger charge is -2.04. The number of hydrogen-bond donors (Lipinski definition) is 0. The van der Waals surface area contributed by atoms with E-state index in [1.165, 1.54) is 0 Å². The highest BCUT2D eigenvalue weighted by molar-refractivity contribution is 6.42. The first-order chi connectivity index (χ1) is 10.2. The van der Waals surface area contributed by atoms with Crippen LogP contribution in [0.2, 0.25) is 10.0 Å². The summed E-state index contributed by atoms with van der Waals surface area (Å²) in [6.07, 6.45) is 0. The SMILES string of the molecule is N#Cc1c2ccccc2c2nnc3cc(Cl)c(Cl)cc3n12. The van der Waals surface area contributed by atoms with Crippen LogP contribution in [-0.2, 0) is 0 Å². The number of halogens is 2. The maximum Gasteiger partial charge on any atom is 0.168 e. The van der Waals surface area contributed by atoms with Crippen molar-refractivity contribution in [2.45, 2.75) is 0 Å². The van der Waals surface area contributed by atoms with Crippen molar-refractivity contribution in [1.82, 2.24) is 14.6 Å². The van der Waals surface area contributed by atoms with E-state index in [1.54, 1.807) is 16.5 Å². The largest absolute Gasteiger partial charge is 0.281 e. The fourth-order valence-electron chi connectivity index (χ4n) is 2.56. The van der Waals surface area contributed by atoms with Gasteiger partial charge in [0.15, 0.2) is 5.65 Å². The van der Waals surface area contributed by atoms with Crippen LogP contribution in [0.4, 0.5) is 0 Å². The normalized spacial score (nSPS) is 11.3. The topological polar surface area (TPSA) is 54.0 Å². The summed E-state index contributed by atoms with van der Waals surface area (Å²) >= 11 is 12.1. The van der Waals surface area contributed by atoms with Crippen LogP contribution in [0.3, 0.4) is 0 Å². The molecule has 0 spiro atoms. The second kappa shape index (κ2) is 4.32. The van der Waals surface area contributed by atoms with Crippen LogP contribution in [0.15, 0.2) is 36.4 Å². The van der Waals surface area contributed by atoms with Crippen LogP contribution < -0.4 is 0 Å². The van der Waals surface area contributed by atoms with Gasteiger partial charge in [-0.3, -0.25) is 4.40 Å². The Balaban J connectivity index is 2.36. The van der Waals surface area contributed by atoms with Gasteiger partial charge in [-0.05, 0) is 12.1 Å². The summed E-state index contributed by atoms with van der Waals surface area (Å²) in [7, 11) is 0. The van der Waals surface area contributed by atoms with Crippen molar-refractivity contribution >= 4 is 50.7 Å². The minimum Gasteiger partial charge on any atom is -0.281 e. The molecule has 0 fully saturated rings. The van der Waals surface area contributed by atoms with Gasteiger partial charge in [-0.15, -0.1) is 10.2 Å². The lowest BCUT2D eigenvalue weighted by Crippen LogP contribution is -1.97. The molecule has 0 saturated carbocycles. The van der Waals surface area contributed by atoms with E-state index < -0.39 is 0 Å². The zero-order chi connectivity index (χ0) is 14.6. The van der Waals surface area contributed by atoms with Gasteiger partial charge in [-0.1, -0.05) is 47.5 Å². The standard InChI is InChI=1S/C15H6Cl2N4/c16-10-5-12-13(6-11(10)17)21-14(7-18)8-3-1-2-4-9(8)15(21)20-19-12/h1-6H. The predicted octanol–water partition coefficient (Wildman–Crippen LogP) is 4.21. The molecule has 0 bridgehead atoms. The van der Waals surface area contributed by atoms with E-state index in [0.29, 0.717) is 32.4 Å². The number of fused-ring (bicyclic) bond motifs is 5. The molecule has 0 atom stereocenters. The summed E-state index contributed by atoms with van der Waals surface area (Å²) in [5.74, 6) is 0. The molecule has 2 heterocycles. The molecule has 21 heavy (non-hydrogen) atoms. The highest BCUT2D eigenvalue weighted by Crippen LogP contribution is 2.31. The van der Waals surface area contributed by atoms with Crippen molar-refractivity contribution in [2.75, 3.05) is 0 Å². The smallest absolute Gasteiger partial charge is 0.168 e. The average Bonchev–Trinajstić information content (AvgIpc) is 2.83. The van der Waals surface area contributed by atoms with E-state index in [1.807, 2.05) is 24.3 Å². The van der Waals surface area contributed by atoms with Gasteiger partial charge in [-0.2, -0.15) is 5.26 Å². The molecule has 0 aliphatic carbocycles. The second-order valence-electron chi connectivity index (χ2n) is 4.62. The Hall–Kier alpha value is -2.35. The summed E-state index contributed by atoms with van der Waals surface area (Å²) in [4.78, 5) is 0. The van der Waals surface area contributed by atoms with Gasteiger partial charge in [0, 0.05) is 10.8 Å². The third-order valence-corrected chi connectivity index (χ3v) is 4.20. The monoisotopic (exact) mass is 312 g/mol. The molecule has 0 N–H and O–H groups in total. The molecular weight excluding hydrogens is 307 g/mol. The minimum absolute atomic E-state index is 0.410. The lowest BCUT2D eigenvalue weighted by molar-refractivity contribution is 1.04. The molecule has 6 heteroatoms. The maximum absolute atomic E-state index is 9.53. The van der Waals surface area contributed by atoms with Crippen LogP contribution >= 0.6 is 23.2 Å². The van der Waals surface area contributed by atoms with E-state index in [9.17, 15) is 5.26 Å². The van der Waals surface area contributed by atoms with E-state index >= 15 is 0 Å². The van der Waals surface area contributed by atoms with Crippen LogP contribution in [0.5, 0.6) is 0 Å².